The summed E-state index contributed by atoms with van der Waals surface area (Å²) in [5.41, 5.74) is -0.267. The molecule has 1 fully saturated rings. The van der Waals surface area contributed by atoms with Crippen LogP contribution in [-0.4, -0.2) is 78.0 Å². The monoisotopic (exact) mass is 493 g/mol. The second-order valence-corrected chi connectivity index (χ2v) is 13.2. The van der Waals surface area contributed by atoms with Crippen LogP contribution in [0.5, 0.6) is 0 Å². The molecule has 2 aliphatic heterocycles. The lowest BCUT2D eigenvalue weighted by atomic mass is 9.97. The average Bonchev–Trinajstić information content (AvgIpc) is 3.11. The van der Waals surface area contributed by atoms with Gasteiger partial charge in [-0.2, -0.15) is 0 Å². The second kappa shape index (κ2) is 8.79. The van der Waals surface area contributed by atoms with E-state index in [0.29, 0.717) is 44.2 Å². The minimum absolute atomic E-state index is 0.0931. The molecule has 1 aromatic rings. The molecule has 0 atom stereocenters. The fourth-order valence-corrected chi connectivity index (χ4v) is 7.19. The Morgan fingerprint density at radius 1 is 1.26 bits per heavy atom. The zero-order valence-electron chi connectivity index (χ0n) is 17.7. The van der Waals surface area contributed by atoms with Gasteiger partial charge in [-0.1, -0.05) is 0 Å². The van der Waals surface area contributed by atoms with Gasteiger partial charge in [0.25, 0.3) is 10.0 Å². The van der Waals surface area contributed by atoms with E-state index < -0.39 is 31.4 Å². The van der Waals surface area contributed by atoms with Crippen molar-refractivity contribution in [3.63, 3.8) is 0 Å². The van der Waals surface area contributed by atoms with Gasteiger partial charge in [0.05, 0.1) is 24.3 Å². The Bertz CT molecular complexity index is 1080. The molecule has 13 heteroatoms. The third-order valence-electron chi connectivity index (χ3n) is 4.84. The van der Waals surface area contributed by atoms with Gasteiger partial charge in [0.15, 0.2) is 0 Å². The van der Waals surface area contributed by atoms with Gasteiger partial charge in [0.1, 0.15) is 15.0 Å². The van der Waals surface area contributed by atoms with Gasteiger partial charge in [-0.05, 0) is 32.9 Å². The third-order valence-corrected chi connectivity index (χ3v) is 9.79. The number of hydrogen-bond acceptors (Lipinski definition) is 9. The predicted molar refractivity (Wildman–Crippen MR) is 115 cm³/mol. The van der Waals surface area contributed by atoms with E-state index in [1.54, 1.807) is 20.8 Å². The van der Waals surface area contributed by atoms with Gasteiger partial charge in [0, 0.05) is 31.7 Å². The fourth-order valence-electron chi connectivity index (χ4n) is 3.10. The van der Waals surface area contributed by atoms with E-state index in [0.717, 1.165) is 0 Å². The van der Waals surface area contributed by atoms with Gasteiger partial charge in [-0.15, -0.1) is 11.3 Å². The van der Waals surface area contributed by atoms with Crippen molar-refractivity contribution in [3.8, 4) is 0 Å². The predicted octanol–water partition coefficient (Wildman–Crippen LogP) is 0.662. The van der Waals surface area contributed by atoms with E-state index in [-0.39, 0.29) is 32.8 Å². The van der Waals surface area contributed by atoms with Crippen molar-refractivity contribution < 1.29 is 31.1 Å². The van der Waals surface area contributed by atoms with Gasteiger partial charge >= 0.3 is 5.97 Å². The van der Waals surface area contributed by atoms with Crippen LogP contribution < -0.4 is 5.14 Å². The SMILES string of the molecule is CC(C)(C)C(=O)OCC1=Cc2cc(S(N)(=O)=O)sc2S(=O)(=O)N1CCN1CCOCC1. The first-order chi connectivity index (χ1) is 14.3. The molecule has 0 spiro atoms. The van der Waals surface area contributed by atoms with Crippen molar-refractivity contribution in [2.24, 2.45) is 10.6 Å². The number of morpholine rings is 1. The summed E-state index contributed by atoms with van der Waals surface area (Å²) in [6, 6.07) is 1.23. The van der Waals surface area contributed by atoms with E-state index in [4.69, 9.17) is 14.6 Å². The topological polar surface area (TPSA) is 136 Å². The van der Waals surface area contributed by atoms with Crippen molar-refractivity contribution in [2.45, 2.75) is 29.2 Å². The van der Waals surface area contributed by atoms with E-state index in [1.165, 1.54) is 16.4 Å². The van der Waals surface area contributed by atoms with E-state index >= 15 is 0 Å². The minimum Gasteiger partial charge on any atom is -0.459 e. The molecular weight excluding hydrogens is 466 g/mol. The molecule has 0 bridgehead atoms. The normalized spacial score (nSPS) is 19.6. The summed E-state index contributed by atoms with van der Waals surface area (Å²) in [6.07, 6.45) is 1.54. The van der Waals surface area contributed by atoms with E-state index in [9.17, 15) is 21.6 Å². The molecule has 0 amide bonds. The molecule has 174 valence electrons. The number of thiophene rings is 1. The van der Waals surface area contributed by atoms with Crippen molar-refractivity contribution >= 4 is 43.4 Å². The number of fused-ring (bicyclic) bond motifs is 1. The van der Waals surface area contributed by atoms with Gasteiger partial charge in [-0.3, -0.25) is 14.0 Å². The molecule has 0 aromatic carbocycles. The molecule has 0 radical (unpaired) electrons. The molecule has 3 rings (SSSR count). The Balaban J connectivity index is 1.93. The lowest BCUT2D eigenvalue weighted by molar-refractivity contribution is -0.152. The first-order valence-electron chi connectivity index (χ1n) is 9.67. The summed E-state index contributed by atoms with van der Waals surface area (Å²) in [6.45, 7) is 7.96. The number of hydrogen-bond donors (Lipinski definition) is 1. The number of sulfonamides is 2. The van der Waals surface area contributed by atoms with Gasteiger partial charge < -0.3 is 9.47 Å². The third kappa shape index (κ3) is 5.46. The maximum atomic E-state index is 13.3. The van der Waals surface area contributed by atoms with Crippen molar-refractivity contribution in [3.05, 3.63) is 17.3 Å². The largest absolute Gasteiger partial charge is 0.459 e. The van der Waals surface area contributed by atoms with Crippen LogP contribution >= 0.6 is 11.3 Å². The minimum atomic E-state index is -4.06. The van der Waals surface area contributed by atoms with Crippen molar-refractivity contribution in [1.29, 1.82) is 0 Å². The number of rotatable bonds is 6. The Hall–Kier alpha value is -1.51. The molecule has 0 unspecified atom stereocenters. The number of nitrogens with zero attached hydrogens (tertiary/aromatic N) is 2. The molecule has 1 aromatic heterocycles. The summed E-state index contributed by atoms with van der Waals surface area (Å²) in [5, 5.41) is 5.19. The van der Waals surface area contributed by atoms with Crippen molar-refractivity contribution in [2.75, 3.05) is 46.0 Å². The summed E-state index contributed by atoms with van der Waals surface area (Å²) >= 11 is 0.617. The summed E-state index contributed by atoms with van der Waals surface area (Å²) < 4.78 is 61.7. The summed E-state index contributed by atoms with van der Waals surface area (Å²) in [7, 11) is -8.10. The quantitative estimate of drug-likeness (QED) is 0.571. The Labute approximate surface area is 186 Å². The number of carbonyl (C=O) groups excluding carboxylic acids is 1. The Morgan fingerprint density at radius 3 is 2.48 bits per heavy atom. The second-order valence-electron chi connectivity index (χ2n) is 8.35. The molecule has 1 saturated heterocycles. The van der Waals surface area contributed by atoms with Crippen LogP contribution in [0, 0.1) is 5.41 Å². The van der Waals surface area contributed by atoms with E-state index in [2.05, 4.69) is 4.90 Å². The fraction of sp³-hybridized carbons (Fsp3) is 0.611. The van der Waals surface area contributed by atoms with Crippen LogP contribution in [0.3, 0.4) is 0 Å². The zero-order chi connectivity index (χ0) is 23.0. The molecule has 2 N–H and O–H groups in total. The highest BCUT2D eigenvalue weighted by Gasteiger charge is 2.37. The maximum absolute atomic E-state index is 13.3. The molecule has 2 aliphatic rings. The number of primary sulfonamides is 1. The first kappa shape index (κ1) is 24.1. The summed E-state index contributed by atoms with van der Waals surface area (Å²) in [4.78, 5) is 14.3. The number of carbonyl (C=O) groups is 1. The highest BCUT2D eigenvalue weighted by molar-refractivity contribution is 7.94. The smallest absolute Gasteiger partial charge is 0.311 e. The van der Waals surface area contributed by atoms with Crippen LogP contribution in [0.4, 0.5) is 0 Å². The zero-order valence-corrected chi connectivity index (χ0v) is 20.1. The Kier molecular flexibility index (Phi) is 6.84. The van der Waals surface area contributed by atoms with Crippen LogP contribution in [0.1, 0.15) is 26.3 Å². The molecule has 31 heavy (non-hydrogen) atoms. The maximum Gasteiger partial charge on any atom is 0.311 e. The number of esters is 1. The van der Waals surface area contributed by atoms with Crippen LogP contribution in [-0.2, 0) is 34.3 Å². The number of ether oxygens (including phenoxy) is 2. The number of nitrogens with two attached hydrogens (primary N) is 1. The lowest BCUT2D eigenvalue weighted by Gasteiger charge is -2.33. The Morgan fingerprint density at radius 2 is 1.90 bits per heavy atom. The highest BCUT2D eigenvalue weighted by atomic mass is 32.3. The van der Waals surface area contributed by atoms with E-state index in [1.807, 2.05) is 0 Å². The molecule has 0 saturated carbocycles. The van der Waals surface area contributed by atoms with Crippen molar-refractivity contribution in [1.82, 2.24) is 9.21 Å². The van der Waals surface area contributed by atoms with Crippen LogP contribution in [0.15, 0.2) is 20.2 Å². The lowest BCUT2D eigenvalue weighted by Crippen LogP contribution is -2.44. The van der Waals surface area contributed by atoms with Gasteiger partial charge in [-0.25, -0.2) is 22.0 Å². The standard InChI is InChI=1S/C18H27N3O7S3/c1-18(2,3)17(22)28-12-14-10-13-11-15(30(19,23)24)29-16(13)31(25,26)21(14)5-4-20-6-8-27-9-7-20/h10-11H,4-9,12H2,1-3H3,(H2,19,23,24). The summed E-state index contributed by atoms with van der Waals surface area (Å²) in [5.74, 6) is -0.472. The van der Waals surface area contributed by atoms with Gasteiger partial charge in [0.2, 0.25) is 10.0 Å². The molecular formula is C18H27N3O7S3. The van der Waals surface area contributed by atoms with Crippen LogP contribution in [0.2, 0.25) is 0 Å². The molecule has 10 nitrogen and oxygen atoms in total. The average molecular weight is 494 g/mol. The van der Waals surface area contributed by atoms with Crippen LogP contribution in [0.25, 0.3) is 6.08 Å². The molecule has 0 aliphatic carbocycles. The molecule has 3 heterocycles. The highest BCUT2D eigenvalue weighted by Crippen LogP contribution is 2.38. The first-order valence-corrected chi connectivity index (χ1v) is 13.5.